The maximum Gasteiger partial charge on any atom is 0.158 e. The summed E-state index contributed by atoms with van der Waals surface area (Å²) in [6, 6.07) is 9.59. The lowest BCUT2D eigenvalue weighted by molar-refractivity contribution is 0.415. The highest BCUT2D eigenvalue weighted by atomic mass is 16.5. The average molecular weight is 284 g/mol. The lowest BCUT2D eigenvalue weighted by Gasteiger charge is -2.07. The van der Waals surface area contributed by atoms with Crippen molar-refractivity contribution in [2.75, 3.05) is 12.4 Å². The van der Waals surface area contributed by atoms with Crippen LogP contribution in [0.15, 0.2) is 42.9 Å². The van der Waals surface area contributed by atoms with Crippen molar-refractivity contribution in [3.63, 3.8) is 0 Å². The summed E-state index contributed by atoms with van der Waals surface area (Å²) in [5, 5.41) is 3.25. The average Bonchev–Trinajstić information content (AvgIpc) is 2.98. The summed E-state index contributed by atoms with van der Waals surface area (Å²) in [5.41, 5.74) is 2.74. The highest BCUT2D eigenvalue weighted by Gasteiger charge is 2.04. The first-order valence-electron chi connectivity index (χ1n) is 6.97. The van der Waals surface area contributed by atoms with Gasteiger partial charge in [0, 0.05) is 11.9 Å². The summed E-state index contributed by atoms with van der Waals surface area (Å²) >= 11 is 0. The van der Waals surface area contributed by atoms with Crippen molar-refractivity contribution >= 4 is 22.5 Å². The minimum atomic E-state index is 0.759. The van der Waals surface area contributed by atoms with Gasteiger partial charge in [-0.1, -0.05) is 20.3 Å². The number of anilines is 2. The Morgan fingerprint density at radius 1 is 1.10 bits per heavy atom. The van der Waals surface area contributed by atoms with E-state index in [1.165, 1.54) is 6.42 Å². The van der Waals surface area contributed by atoms with Gasteiger partial charge in [-0.25, -0.2) is 9.97 Å². The summed E-state index contributed by atoms with van der Waals surface area (Å²) in [6.45, 7) is 4.25. The second kappa shape index (κ2) is 7.28. The number of methoxy groups -OCH3 is 1. The standard InChI is InChI=1S/C13H12N4O.C3H8/c1-18-10-4-2-9(3-5-10)17-13-12-11(6-7-14-12)15-8-16-13;1-3-2/h2-8,14H,1H3,(H,15,16,17);3H2,1-2H3. The van der Waals surface area contributed by atoms with Crippen LogP contribution in [0, 0.1) is 0 Å². The number of aromatic nitrogens is 3. The molecule has 110 valence electrons. The Morgan fingerprint density at radius 3 is 2.48 bits per heavy atom. The molecule has 2 N–H and O–H groups in total. The number of hydrogen-bond acceptors (Lipinski definition) is 4. The minimum Gasteiger partial charge on any atom is -0.497 e. The van der Waals surface area contributed by atoms with Gasteiger partial charge in [-0.05, 0) is 30.3 Å². The monoisotopic (exact) mass is 284 g/mol. The van der Waals surface area contributed by atoms with Crippen molar-refractivity contribution in [3.05, 3.63) is 42.9 Å². The van der Waals surface area contributed by atoms with Crippen LogP contribution in [0.1, 0.15) is 20.3 Å². The number of nitrogens with one attached hydrogen (secondary N) is 2. The topological polar surface area (TPSA) is 62.8 Å². The van der Waals surface area contributed by atoms with Crippen molar-refractivity contribution in [1.82, 2.24) is 15.0 Å². The minimum absolute atomic E-state index is 0.759. The molecular weight excluding hydrogens is 264 g/mol. The van der Waals surface area contributed by atoms with Gasteiger partial charge in [0.15, 0.2) is 5.82 Å². The van der Waals surface area contributed by atoms with Crippen LogP contribution in [0.2, 0.25) is 0 Å². The Hall–Kier alpha value is -2.56. The third kappa shape index (κ3) is 3.72. The highest BCUT2D eigenvalue weighted by Crippen LogP contribution is 2.22. The Morgan fingerprint density at radius 2 is 1.81 bits per heavy atom. The Bertz CT molecular complexity index is 676. The summed E-state index contributed by atoms with van der Waals surface area (Å²) < 4.78 is 5.12. The second-order valence-corrected chi connectivity index (χ2v) is 4.52. The lowest BCUT2D eigenvalue weighted by atomic mass is 10.3. The number of nitrogens with zero attached hydrogens (tertiary/aromatic N) is 2. The van der Waals surface area contributed by atoms with Gasteiger partial charge in [0.1, 0.15) is 17.6 Å². The first-order valence-corrected chi connectivity index (χ1v) is 6.97. The van der Waals surface area contributed by atoms with E-state index in [0.717, 1.165) is 28.3 Å². The number of fused-ring (bicyclic) bond motifs is 1. The van der Waals surface area contributed by atoms with Gasteiger partial charge in [0.05, 0.1) is 12.6 Å². The molecule has 0 aliphatic rings. The van der Waals surface area contributed by atoms with Gasteiger partial charge in [0.2, 0.25) is 0 Å². The predicted octanol–water partition coefficient (Wildman–Crippen LogP) is 4.13. The lowest BCUT2D eigenvalue weighted by Crippen LogP contribution is -1.95. The number of rotatable bonds is 3. The van der Waals surface area contributed by atoms with E-state index >= 15 is 0 Å². The van der Waals surface area contributed by atoms with Crippen LogP contribution < -0.4 is 10.1 Å². The quantitative estimate of drug-likeness (QED) is 0.759. The molecule has 2 heterocycles. The fourth-order valence-corrected chi connectivity index (χ4v) is 1.78. The van der Waals surface area contributed by atoms with E-state index in [4.69, 9.17) is 4.74 Å². The zero-order valence-corrected chi connectivity index (χ0v) is 12.6. The van der Waals surface area contributed by atoms with Gasteiger partial charge in [-0.15, -0.1) is 0 Å². The van der Waals surface area contributed by atoms with Crippen LogP contribution in [-0.4, -0.2) is 22.1 Å². The van der Waals surface area contributed by atoms with Crippen LogP contribution in [0.4, 0.5) is 11.5 Å². The summed E-state index contributed by atoms with van der Waals surface area (Å²) in [5.74, 6) is 1.59. The molecule has 0 fully saturated rings. The third-order valence-corrected chi connectivity index (χ3v) is 2.70. The molecule has 0 aliphatic heterocycles. The van der Waals surface area contributed by atoms with E-state index in [1.807, 2.05) is 36.5 Å². The van der Waals surface area contributed by atoms with Gasteiger partial charge in [0.25, 0.3) is 0 Å². The van der Waals surface area contributed by atoms with E-state index < -0.39 is 0 Å². The van der Waals surface area contributed by atoms with Gasteiger partial charge in [-0.2, -0.15) is 0 Å². The summed E-state index contributed by atoms with van der Waals surface area (Å²) in [4.78, 5) is 11.5. The van der Waals surface area contributed by atoms with Crippen molar-refractivity contribution in [2.45, 2.75) is 20.3 Å². The zero-order chi connectivity index (χ0) is 15.1. The molecule has 21 heavy (non-hydrogen) atoms. The Kier molecular flexibility index (Phi) is 5.15. The fourth-order valence-electron chi connectivity index (χ4n) is 1.78. The Labute approximate surface area is 124 Å². The molecule has 0 atom stereocenters. The van der Waals surface area contributed by atoms with Crippen molar-refractivity contribution in [3.8, 4) is 5.75 Å². The SMILES string of the molecule is CCC.COc1ccc(Nc2ncnc3cc[nH]c23)cc1. The number of benzene rings is 1. The molecule has 3 rings (SSSR count). The molecule has 0 saturated heterocycles. The van der Waals surface area contributed by atoms with E-state index in [1.54, 1.807) is 13.4 Å². The summed E-state index contributed by atoms with van der Waals surface area (Å²) in [6.07, 6.45) is 4.64. The van der Waals surface area contributed by atoms with Crippen LogP contribution in [-0.2, 0) is 0 Å². The van der Waals surface area contributed by atoms with Gasteiger partial charge in [-0.3, -0.25) is 0 Å². The second-order valence-electron chi connectivity index (χ2n) is 4.52. The molecular formula is C16H20N4O. The molecule has 0 amide bonds. The van der Waals surface area contributed by atoms with Crippen molar-refractivity contribution in [1.29, 1.82) is 0 Å². The smallest absolute Gasteiger partial charge is 0.158 e. The fraction of sp³-hybridized carbons (Fsp3) is 0.250. The van der Waals surface area contributed by atoms with E-state index in [9.17, 15) is 0 Å². The number of ether oxygens (including phenoxy) is 1. The molecule has 5 heteroatoms. The molecule has 5 nitrogen and oxygen atoms in total. The van der Waals surface area contributed by atoms with E-state index in [2.05, 4.69) is 34.1 Å². The molecule has 0 bridgehead atoms. The Balaban J connectivity index is 0.000000497. The first kappa shape index (κ1) is 14.8. The summed E-state index contributed by atoms with van der Waals surface area (Å²) in [7, 11) is 1.65. The number of H-pyrrole nitrogens is 1. The predicted molar refractivity (Wildman–Crippen MR) is 86.1 cm³/mol. The van der Waals surface area contributed by atoms with E-state index in [-0.39, 0.29) is 0 Å². The number of hydrogen-bond donors (Lipinski definition) is 2. The molecule has 3 aromatic rings. The van der Waals surface area contributed by atoms with Crippen molar-refractivity contribution < 1.29 is 4.74 Å². The van der Waals surface area contributed by atoms with Crippen LogP contribution >= 0.6 is 0 Å². The molecule has 0 radical (unpaired) electrons. The molecule has 0 unspecified atom stereocenters. The van der Waals surface area contributed by atoms with E-state index in [0.29, 0.717) is 0 Å². The molecule has 1 aromatic carbocycles. The molecule has 0 saturated carbocycles. The maximum absolute atomic E-state index is 5.12. The van der Waals surface area contributed by atoms with Gasteiger partial charge >= 0.3 is 0 Å². The maximum atomic E-state index is 5.12. The molecule has 0 spiro atoms. The van der Waals surface area contributed by atoms with Gasteiger partial charge < -0.3 is 15.0 Å². The number of aromatic amines is 1. The third-order valence-electron chi connectivity index (χ3n) is 2.70. The van der Waals surface area contributed by atoms with Crippen LogP contribution in [0.5, 0.6) is 5.75 Å². The normalized spacial score (nSPS) is 9.86. The highest BCUT2D eigenvalue weighted by molar-refractivity contribution is 5.87. The zero-order valence-electron chi connectivity index (χ0n) is 12.6. The van der Waals surface area contributed by atoms with Crippen LogP contribution in [0.25, 0.3) is 11.0 Å². The van der Waals surface area contributed by atoms with Crippen molar-refractivity contribution in [2.24, 2.45) is 0 Å². The molecule has 2 aromatic heterocycles. The largest absolute Gasteiger partial charge is 0.497 e. The van der Waals surface area contributed by atoms with Crippen LogP contribution in [0.3, 0.4) is 0 Å². The molecule has 0 aliphatic carbocycles. The first-order chi connectivity index (χ1) is 10.3.